The van der Waals surface area contributed by atoms with Gasteiger partial charge >= 0.3 is 0 Å². The maximum atomic E-state index is 4.21. The molecule has 3 nitrogen and oxygen atoms in total. The second kappa shape index (κ2) is 6.99. The Bertz CT molecular complexity index is 206. The molecule has 2 unspecified atom stereocenters. The fourth-order valence-electron chi connectivity index (χ4n) is 1.47. The van der Waals surface area contributed by atoms with Crippen LogP contribution in [-0.2, 0) is 0 Å². The predicted octanol–water partition coefficient (Wildman–Crippen LogP) is 1.70. The average molecular weight is 229 g/mol. The van der Waals surface area contributed by atoms with Gasteiger partial charge in [0.05, 0.1) is 0 Å². The Labute approximate surface area is 97.5 Å². The molecule has 1 aliphatic carbocycles. The third-order valence-corrected chi connectivity index (χ3v) is 3.42. The Hall–Kier alpha value is -0.380. The van der Waals surface area contributed by atoms with Gasteiger partial charge in [-0.25, -0.2) is 0 Å². The van der Waals surface area contributed by atoms with Crippen LogP contribution in [0.15, 0.2) is 4.99 Å². The maximum absolute atomic E-state index is 4.21. The first-order valence-corrected chi connectivity index (χ1v) is 7.13. The van der Waals surface area contributed by atoms with E-state index in [4.69, 9.17) is 0 Å². The van der Waals surface area contributed by atoms with Gasteiger partial charge in [-0.15, -0.1) is 0 Å². The number of thioether (sulfide) groups is 1. The molecule has 15 heavy (non-hydrogen) atoms. The van der Waals surface area contributed by atoms with E-state index in [2.05, 4.69) is 28.8 Å². The summed E-state index contributed by atoms with van der Waals surface area (Å²) in [5.74, 6) is 3.04. The smallest absolute Gasteiger partial charge is 0.191 e. The molecule has 0 saturated heterocycles. The van der Waals surface area contributed by atoms with Gasteiger partial charge in [0.25, 0.3) is 0 Å². The highest BCUT2D eigenvalue weighted by Crippen LogP contribution is 2.28. The van der Waals surface area contributed by atoms with Gasteiger partial charge in [0.15, 0.2) is 5.96 Å². The molecule has 0 spiro atoms. The van der Waals surface area contributed by atoms with Crippen LogP contribution in [0.3, 0.4) is 0 Å². The standard InChI is InChI=1S/C11H23N3S/c1-9-8-10(9)14-11(12-2)13-6-4-5-7-15-3/h9-10H,4-8H2,1-3H3,(H2,12,13,14). The van der Waals surface area contributed by atoms with E-state index in [9.17, 15) is 0 Å². The summed E-state index contributed by atoms with van der Waals surface area (Å²) in [6.07, 6.45) is 5.95. The largest absolute Gasteiger partial charge is 0.356 e. The number of nitrogens with one attached hydrogen (secondary N) is 2. The Morgan fingerprint density at radius 3 is 2.73 bits per heavy atom. The van der Waals surface area contributed by atoms with E-state index in [1.54, 1.807) is 0 Å². The number of hydrogen-bond acceptors (Lipinski definition) is 2. The topological polar surface area (TPSA) is 36.4 Å². The third-order valence-electron chi connectivity index (χ3n) is 2.72. The fraction of sp³-hybridized carbons (Fsp3) is 0.909. The monoisotopic (exact) mass is 229 g/mol. The van der Waals surface area contributed by atoms with Gasteiger partial charge in [0, 0.05) is 19.6 Å². The van der Waals surface area contributed by atoms with Crippen LogP contribution in [0.25, 0.3) is 0 Å². The summed E-state index contributed by atoms with van der Waals surface area (Å²) in [6, 6.07) is 0.655. The minimum absolute atomic E-state index is 0.655. The Kier molecular flexibility index (Phi) is 5.91. The lowest BCUT2D eigenvalue weighted by atomic mass is 10.3. The Balaban J connectivity index is 2.02. The van der Waals surface area contributed by atoms with E-state index in [0.29, 0.717) is 6.04 Å². The van der Waals surface area contributed by atoms with Gasteiger partial charge < -0.3 is 10.6 Å². The highest BCUT2D eigenvalue weighted by Gasteiger charge is 2.32. The van der Waals surface area contributed by atoms with Crippen molar-refractivity contribution >= 4 is 17.7 Å². The number of aliphatic imine (C=N–C) groups is 1. The van der Waals surface area contributed by atoms with Crippen LogP contribution in [0.4, 0.5) is 0 Å². The normalized spacial score (nSPS) is 25.1. The van der Waals surface area contributed by atoms with Gasteiger partial charge in [-0.2, -0.15) is 11.8 Å². The van der Waals surface area contributed by atoms with Crippen molar-refractivity contribution in [2.45, 2.75) is 32.2 Å². The first kappa shape index (κ1) is 12.7. The van der Waals surface area contributed by atoms with Gasteiger partial charge in [-0.05, 0) is 37.2 Å². The molecular formula is C11H23N3S. The lowest BCUT2D eigenvalue weighted by molar-refractivity contribution is 0.720. The number of nitrogens with zero attached hydrogens (tertiary/aromatic N) is 1. The molecule has 2 atom stereocenters. The lowest BCUT2D eigenvalue weighted by Gasteiger charge is -2.10. The summed E-state index contributed by atoms with van der Waals surface area (Å²) < 4.78 is 0. The molecule has 0 aliphatic heterocycles. The molecule has 0 aromatic carbocycles. The third kappa shape index (κ3) is 5.30. The minimum Gasteiger partial charge on any atom is -0.356 e. The molecule has 0 aromatic rings. The maximum Gasteiger partial charge on any atom is 0.191 e. The zero-order chi connectivity index (χ0) is 11.1. The highest BCUT2D eigenvalue weighted by molar-refractivity contribution is 7.98. The molecule has 88 valence electrons. The molecule has 4 heteroatoms. The second-order valence-corrected chi connectivity index (χ2v) is 5.15. The van der Waals surface area contributed by atoms with Crippen molar-refractivity contribution in [1.82, 2.24) is 10.6 Å². The quantitative estimate of drug-likeness (QED) is 0.413. The SMILES string of the molecule is CN=C(NCCCCSC)NC1CC1C. The molecule has 0 bridgehead atoms. The van der Waals surface area contributed by atoms with Crippen LogP contribution >= 0.6 is 11.8 Å². The summed E-state index contributed by atoms with van der Waals surface area (Å²) in [6.45, 7) is 3.30. The van der Waals surface area contributed by atoms with Crippen LogP contribution < -0.4 is 10.6 Å². The molecule has 0 radical (unpaired) electrons. The zero-order valence-corrected chi connectivity index (χ0v) is 10.9. The van der Waals surface area contributed by atoms with Crippen LogP contribution in [0.2, 0.25) is 0 Å². The summed E-state index contributed by atoms with van der Waals surface area (Å²) in [4.78, 5) is 4.21. The van der Waals surface area contributed by atoms with Crippen LogP contribution in [-0.4, -0.2) is 37.6 Å². The molecule has 1 rings (SSSR count). The van der Waals surface area contributed by atoms with Crippen LogP contribution in [0.5, 0.6) is 0 Å². The van der Waals surface area contributed by atoms with E-state index in [1.165, 1.54) is 25.0 Å². The molecule has 0 amide bonds. The van der Waals surface area contributed by atoms with Gasteiger partial charge in [0.1, 0.15) is 0 Å². The van der Waals surface area contributed by atoms with E-state index in [0.717, 1.165) is 18.4 Å². The van der Waals surface area contributed by atoms with Crippen molar-refractivity contribution in [2.75, 3.05) is 25.6 Å². The van der Waals surface area contributed by atoms with E-state index < -0.39 is 0 Å². The van der Waals surface area contributed by atoms with Gasteiger partial charge in [-0.1, -0.05) is 6.92 Å². The number of guanidine groups is 1. The number of rotatable bonds is 6. The van der Waals surface area contributed by atoms with E-state index in [-0.39, 0.29) is 0 Å². The molecule has 2 N–H and O–H groups in total. The summed E-state index contributed by atoms with van der Waals surface area (Å²) in [5, 5.41) is 6.76. The van der Waals surface area contributed by atoms with Crippen molar-refractivity contribution in [3.8, 4) is 0 Å². The Morgan fingerprint density at radius 2 is 2.20 bits per heavy atom. The first-order chi connectivity index (χ1) is 7.27. The Morgan fingerprint density at radius 1 is 1.47 bits per heavy atom. The predicted molar refractivity (Wildman–Crippen MR) is 69.7 cm³/mol. The molecule has 1 fully saturated rings. The van der Waals surface area contributed by atoms with Crippen LogP contribution in [0, 0.1) is 5.92 Å². The van der Waals surface area contributed by atoms with Gasteiger partial charge in [0.2, 0.25) is 0 Å². The van der Waals surface area contributed by atoms with E-state index >= 15 is 0 Å². The fourth-order valence-corrected chi connectivity index (χ4v) is 1.96. The van der Waals surface area contributed by atoms with Crippen molar-refractivity contribution in [3.63, 3.8) is 0 Å². The molecule has 1 saturated carbocycles. The summed E-state index contributed by atoms with van der Waals surface area (Å²) in [7, 11) is 1.84. The number of hydrogen-bond donors (Lipinski definition) is 2. The molecule has 0 aromatic heterocycles. The summed E-state index contributed by atoms with van der Waals surface area (Å²) in [5.41, 5.74) is 0. The molecule has 1 aliphatic rings. The van der Waals surface area contributed by atoms with Crippen molar-refractivity contribution < 1.29 is 0 Å². The van der Waals surface area contributed by atoms with Crippen molar-refractivity contribution in [2.24, 2.45) is 10.9 Å². The highest BCUT2D eigenvalue weighted by atomic mass is 32.2. The molecular weight excluding hydrogens is 206 g/mol. The second-order valence-electron chi connectivity index (χ2n) is 4.16. The van der Waals surface area contributed by atoms with Gasteiger partial charge in [-0.3, -0.25) is 4.99 Å². The average Bonchev–Trinajstić information content (AvgIpc) is 2.92. The molecule has 0 heterocycles. The summed E-state index contributed by atoms with van der Waals surface area (Å²) >= 11 is 1.91. The van der Waals surface area contributed by atoms with Crippen LogP contribution in [0.1, 0.15) is 26.2 Å². The number of unbranched alkanes of at least 4 members (excludes halogenated alkanes) is 1. The van der Waals surface area contributed by atoms with Crippen molar-refractivity contribution in [3.05, 3.63) is 0 Å². The first-order valence-electron chi connectivity index (χ1n) is 5.74. The minimum atomic E-state index is 0.655. The lowest BCUT2D eigenvalue weighted by Crippen LogP contribution is -2.39. The zero-order valence-electron chi connectivity index (χ0n) is 10.0. The van der Waals surface area contributed by atoms with Crippen molar-refractivity contribution in [1.29, 1.82) is 0 Å². The van der Waals surface area contributed by atoms with E-state index in [1.807, 2.05) is 18.8 Å².